The Labute approximate surface area is 129 Å². The SMILES string of the molecule is Cc1ccc(Br)cc1Oc1ccc(/C(N)=N/O)c(Cl)c1. The van der Waals surface area contributed by atoms with Crippen LogP contribution in [0.3, 0.4) is 0 Å². The fourth-order valence-electron chi connectivity index (χ4n) is 1.63. The van der Waals surface area contributed by atoms with Crippen LogP contribution in [0.4, 0.5) is 0 Å². The van der Waals surface area contributed by atoms with Crippen molar-refractivity contribution in [1.29, 1.82) is 0 Å². The van der Waals surface area contributed by atoms with Crippen molar-refractivity contribution in [1.82, 2.24) is 0 Å². The zero-order valence-corrected chi connectivity index (χ0v) is 12.9. The van der Waals surface area contributed by atoms with Crippen LogP contribution < -0.4 is 10.5 Å². The van der Waals surface area contributed by atoms with E-state index in [0.29, 0.717) is 16.3 Å². The Kier molecular flexibility index (Phi) is 4.52. The van der Waals surface area contributed by atoms with Gasteiger partial charge in [0.2, 0.25) is 0 Å². The molecule has 0 spiro atoms. The van der Waals surface area contributed by atoms with Gasteiger partial charge in [-0.1, -0.05) is 38.8 Å². The van der Waals surface area contributed by atoms with E-state index in [1.807, 2.05) is 25.1 Å². The van der Waals surface area contributed by atoms with Crippen molar-refractivity contribution in [2.24, 2.45) is 10.9 Å². The molecule has 0 unspecified atom stereocenters. The summed E-state index contributed by atoms with van der Waals surface area (Å²) in [5.74, 6) is 1.26. The summed E-state index contributed by atoms with van der Waals surface area (Å²) in [6.45, 7) is 1.95. The standard InChI is InChI=1S/C14H12BrClN2O2/c1-8-2-3-9(15)6-13(8)20-10-4-5-11(12(16)7-10)14(17)18-19/h2-7,19H,1H3,(H2,17,18). The van der Waals surface area contributed by atoms with Gasteiger partial charge in [0.05, 0.1) is 5.02 Å². The third kappa shape index (κ3) is 3.23. The zero-order valence-electron chi connectivity index (χ0n) is 10.6. The van der Waals surface area contributed by atoms with Crippen LogP contribution in [-0.4, -0.2) is 11.0 Å². The molecule has 0 aliphatic rings. The van der Waals surface area contributed by atoms with Crippen LogP contribution in [0.25, 0.3) is 0 Å². The number of rotatable bonds is 3. The highest BCUT2D eigenvalue weighted by Crippen LogP contribution is 2.30. The molecule has 20 heavy (non-hydrogen) atoms. The first-order valence-corrected chi connectivity index (χ1v) is 6.90. The molecule has 4 nitrogen and oxygen atoms in total. The maximum Gasteiger partial charge on any atom is 0.171 e. The fraction of sp³-hybridized carbons (Fsp3) is 0.0714. The molecular formula is C14H12BrClN2O2. The van der Waals surface area contributed by atoms with E-state index in [1.165, 1.54) is 0 Å². The third-order valence-electron chi connectivity index (χ3n) is 2.70. The molecule has 0 saturated heterocycles. The second kappa shape index (κ2) is 6.15. The van der Waals surface area contributed by atoms with Crippen LogP contribution in [-0.2, 0) is 0 Å². The maximum absolute atomic E-state index is 8.65. The van der Waals surface area contributed by atoms with Crippen molar-refractivity contribution in [2.75, 3.05) is 0 Å². The lowest BCUT2D eigenvalue weighted by atomic mass is 10.2. The molecule has 0 heterocycles. The number of hydrogen-bond donors (Lipinski definition) is 2. The second-order valence-corrected chi connectivity index (χ2v) is 5.46. The van der Waals surface area contributed by atoms with Crippen LogP contribution in [0.2, 0.25) is 5.02 Å². The summed E-state index contributed by atoms with van der Waals surface area (Å²) >= 11 is 9.48. The minimum atomic E-state index is -0.0415. The summed E-state index contributed by atoms with van der Waals surface area (Å²) in [4.78, 5) is 0. The van der Waals surface area contributed by atoms with E-state index >= 15 is 0 Å². The van der Waals surface area contributed by atoms with Crippen LogP contribution in [0.5, 0.6) is 11.5 Å². The molecule has 2 aromatic rings. The van der Waals surface area contributed by atoms with Crippen molar-refractivity contribution in [2.45, 2.75) is 6.92 Å². The summed E-state index contributed by atoms with van der Waals surface area (Å²) < 4.78 is 6.71. The van der Waals surface area contributed by atoms with E-state index in [-0.39, 0.29) is 5.84 Å². The van der Waals surface area contributed by atoms with E-state index in [1.54, 1.807) is 18.2 Å². The molecule has 0 aliphatic heterocycles. The molecule has 0 bridgehead atoms. The molecule has 2 rings (SSSR count). The normalized spacial score (nSPS) is 11.4. The number of aryl methyl sites for hydroxylation is 1. The highest BCUT2D eigenvalue weighted by molar-refractivity contribution is 9.10. The van der Waals surface area contributed by atoms with Gasteiger partial charge in [-0.05, 0) is 36.8 Å². The van der Waals surface area contributed by atoms with E-state index in [0.717, 1.165) is 15.8 Å². The second-order valence-electron chi connectivity index (χ2n) is 4.14. The average molecular weight is 356 g/mol. The molecule has 104 valence electrons. The summed E-state index contributed by atoms with van der Waals surface area (Å²) in [5.41, 5.74) is 6.97. The van der Waals surface area contributed by atoms with Crippen molar-refractivity contribution in [3.8, 4) is 11.5 Å². The van der Waals surface area contributed by atoms with Gasteiger partial charge in [0.25, 0.3) is 0 Å². The Bertz CT molecular complexity index is 674. The van der Waals surface area contributed by atoms with Crippen molar-refractivity contribution < 1.29 is 9.94 Å². The van der Waals surface area contributed by atoms with Crippen molar-refractivity contribution in [3.05, 3.63) is 57.0 Å². The molecule has 0 atom stereocenters. The Morgan fingerprint density at radius 2 is 2.05 bits per heavy atom. The zero-order chi connectivity index (χ0) is 14.7. The molecule has 6 heteroatoms. The van der Waals surface area contributed by atoms with Gasteiger partial charge < -0.3 is 15.7 Å². The number of amidine groups is 1. The van der Waals surface area contributed by atoms with Crippen molar-refractivity contribution >= 4 is 33.4 Å². The van der Waals surface area contributed by atoms with E-state index in [2.05, 4.69) is 21.1 Å². The lowest BCUT2D eigenvalue weighted by Crippen LogP contribution is -2.13. The monoisotopic (exact) mass is 354 g/mol. The van der Waals surface area contributed by atoms with Gasteiger partial charge >= 0.3 is 0 Å². The van der Waals surface area contributed by atoms with E-state index in [4.69, 9.17) is 27.3 Å². The summed E-state index contributed by atoms with van der Waals surface area (Å²) in [5, 5.41) is 11.9. The number of nitrogens with zero attached hydrogens (tertiary/aromatic N) is 1. The third-order valence-corrected chi connectivity index (χ3v) is 3.51. The van der Waals surface area contributed by atoms with Gasteiger partial charge in [0.15, 0.2) is 5.84 Å². The fourth-order valence-corrected chi connectivity index (χ4v) is 2.24. The highest BCUT2D eigenvalue weighted by atomic mass is 79.9. The molecule has 0 amide bonds. The van der Waals surface area contributed by atoms with Crippen LogP contribution in [0, 0.1) is 6.92 Å². The smallest absolute Gasteiger partial charge is 0.171 e. The summed E-state index contributed by atoms with van der Waals surface area (Å²) in [7, 11) is 0. The minimum absolute atomic E-state index is 0.0415. The Hall–Kier alpha value is -1.72. The highest BCUT2D eigenvalue weighted by Gasteiger charge is 2.08. The largest absolute Gasteiger partial charge is 0.457 e. The molecular weight excluding hydrogens is 344 g/mol. The number of oxime groups is 1. The van der Waals surface area contributed by atoms with Crippen LogP contribution >= 0.6 is 27.5 Å². The maximum atomic E-state index is 8.65. The predicted molar refractivity (Wildman–Crippen MR) is 82.9 cm³/mol. The number of halogens is 2. The van der Waals surface area contributed by atoms with Crippen molar-refractivity contribution in [3.63, 3.8) is 0 Å². The topological polar surface area (TPSA) is 67.8 Å². The number of hydrogen-bond acceptors (Lipinski definition) is 3. The first-order valence-electron chi connectivity index (χ1n) is 5.72. The van der Waals surface area contributed by atoms with Gasteiger partial charge in [0, 0.05) is 16.1 Å². The molecule has 0 radical (unpaired) electrons. The number of benzene rings is 2. The van der Waals surface area contributed by atoms with Crippen LogP contribution in [0.1, 0.15) is 11.1 Å². The lowest BCUT2D eigenvalue weighted by Gasteiger charge is -2.10. The molecule has 0 aliphatic carbocycles. The van der Waals surface area contributed by atoms with E-state index in [9.17, 15) is 0 Å². The molecule has 0 saturated carbocycles. The van der Waals surface area contributed by atoms with Gasteiger partial charge in [-0.3, -0.25) is 0 Å². The Morgan fingerprint density at radius 3 is 2.70 bits per heavy atom. The van der Waals surface area contributed by atoms with Gasteiger partial charge in [0.1, 0.15) is 11.5 Å². The summed E-state index contributed by atoms with van der Waals surface area (Å²) in [6, 6.07) is 10.7. The molecule has 0 fully saturated rings. The number of ether oxygens (including phenoxy) is 1. The van der Waals surface area contributed by atoms with Gasteiger partial charge in [-0.15, -0.1) is 0 Å². The van der Waals surface area contributed by atoms with Crippen LogP contribution in [0.15, 0.2) is 46.0 Å². The summed E-state index contributed by atoms with van der Waals surface area (Å²) in [6.07, 6.45) is 0. The molecule has 0 aromatic heterocycles. The quantitative estimate of drug-likeness (QED) is 0.373. The first-order chi connectivity index (χ1) is 9.51. The first kappa shape index (κ1) is 14.7. The Balaban J connectivity index is 2.31. The van der Waals surface area contributed by atoms with E-state index < -0.39 is 0 Å². The van der Waals surface area contributed by atoms with Gasteiger partial charge in [-0.25, -0.2) is 0 Å². The number of nitrogens with two attached hydrogens (primary N) is 1. The molecule has 3 N–H and O–H groups in total. The predicted octanol–water partition coefficient (Wildman–Crippen LogP) is 4.30. The minimum Gasteiger partial charge on any atom is -0.457 e. The molecule has 2 aromatic carbocycles. The lowest BCUT2D eigenvalue weighted by molar-refractivity contribution is 0.318. The van der Waals surface area contributed by atoms with Gasteiger partial charge in [-0.2, -0.15) is 0 Å². The Morgan fingerprint density at radius 1 is 1.30 bits per heavy atom. The average Bonchev–Trinajstić information content (AvgIpc) is 2.42.